The van der Waals surface area contributed by atoms with Crippen molar-refractivity contribution < 1.29 is 9.84 Å². The zero-order valence-electron chi connectivity index (χ0n) is 8.87. The van der Waals surface area contributed by atoms with Crippen molar-refractivity contribution in [2.24, 2.45) is 0 Å². The van der Waals surface area contributed by atoms with Crippen molar-refractivity contribution in [3.8, 4) is 0 Å². The predicted octanol–water partition coefficient (Wildman–Crippen LogP) is 0.869. The molecule has 0 spiro atoms. The molecule has 1 aliphatic rings. The number of nitrogens with one attached hydrogen (secondary N) is 1. The molecule has 0 saturated carbocycles. The summed E-state index contributed by atoms with van der Waals surface area (Å²) >= 11 is 2.05. The van der Waals surface area contributed by atoms with E-state index in [0.29, 0.717) is 19.3 Å². The first-order valence-electron chi connectivity index (χ1n) is 5.38. The number of aliphatic hydroxyl groups excluding tert-OH is 1. The van der Waals surface area contributed by atoms with Crippen LogP contribution in [0.25, 0.3) is 0 Å². The zero-order chi connectivity index (χ0) is 10.2. The fraction of sp³-hybridized carbons (Fsp3) is 1.00. The van der Waals surface area contributed by atoms with Gasteiger partial charge in [-0.15, -0.1) is 0 Å². The van der Waals surface area contributed by atoms with Crippen LogP contribution in [0.5, 0.6) is 0 Å². The minimum absolute atomic E-state index is 0.121. The Morgan fingerprint density at radius 1 is 1.50 bits per heavy atom. The Kier molecular flexibility index (Phi) is 6.60. The van der Waals surface area contributed by atoms with E-state index in [1.54, 1.807) is 0 Å². The Labute approximate surface area is 90.6 Å². The van der Waals surface area contributed by atoms with Gasteiger partial charge in [-0.1, -0.05) is 6.92 Å². The van der Waals surface area contributed by atoms with Crippen molar-refractivity contribution in [1.82, 2.24) is 5.32 Å². The Hall–Kier alpha value is 0.230. The number of aliphatic hydroxyl groups is 1. The number of thioether (sulfide) groups is 1. The van der Waals surface area contributed by atoms with E-state index in [0.717, 1.165) is 11.8 Å². The van der Waals surface area contributed by atoms with Gasteiger partial charge < -0.3 is 15.2 Å². The minimum Gasteiger partial charge on any atom is -0.394 e. The van der Waals surface area contributed by atoms with Crippen LogP contribution in [-0.4, -0.2) is 48.5 Å². The average molecular weight is 219 g/mol. The molecule has 0 amide bonds. The molecule has 3 nitrogen and oxygen atoms in total. The molecular formula is C10H21NO2S. The second-order valence-electron chi connectivity index (χ2n) is 3.61. The fourth-order valence-corrected chi connectivity index (χ4v) is 2.84. The van der Waals surface area contributed by atoms with E-state index < -0.39 is 0 Å². The lowest BCUT2D eigenvalue weighted by Gasteiger charge is -2.29. The summed E-state index contributed by atoms with van der Waals surface area (Å²) in [6.07, 6.45) is 2.61. The molecule has 1 rings (SSSR count). The molecule has 0 aromatic carbocycles. The lowest BCUT2D eigenvalue weighted by molar-refractivity contribution is 0.0923. The summed E-state index contributed by atoms with van der Waals surface area (Å²) in [7, 11) is 0. The highest BCUT2D eigenvalue weighted by Crippen LogP contribution is 2.24. The Balaban J connectivity index is 1.99. The second-order valence-corrected chi connectivity index (χ2v) is 5.10. The molecule has 1 fully saturated rings. The van der Waals surface area contributed by atoms with Crippen LogP contribution < -0.4 is 5.32 Å². The third-order valence-corrected chi connectivity index (χ3v) is 3.87. The normalized spacial score (nSPS) is 27.9. The molecule has 2 N–H and O–H groups in total. The maximum atomic E-state index is 8.51. The van der Waals surface area contributed by atoms with Crippen LogP contribution in [0.1, 0.15) is 19.8 Å². The number of ether oxygens (including phenoxy) is 1. The third-order valence-electron chi connectivity index (χ3n) is 2.50. The van der Waals surface area contributed by atoms with Crippen molar-refractivity contribution in [2.75, 3.05) is 32.1 Å². The number of hydrogen-bond donors (Lipinski definition) is 2. The average Bonchev–Trinajstić information content (AvgIpc) is 2.20. The third kappa shape index (κ3) is 4.64. The van der Waals surface area contributed by atoms with Gasteiger partial charge in [0.25, 0.3) is 0 Å². The summed E-state index contributed by atoms with van der Waals surface area (Å²) in [4.78, 5) is 0. The monoisotopic (exact) mass is 219 g/mol. The van der Waals surface area contributed by atoms with E-state index in [4.69, 9.17) is 9.84 Å². The molecule has 14 heavy (non-hydrogen) atoms. The molecule has 1 saturated heterocycles. The first kappa shape index (κ1) is 12.3. The van der Waals surface area contributed by atoms with Crippen molar-refractivity contribution in [2.45, 2.75) is 31.1 Å². The molecule has 0 aromatic heterocycles. The Morgan fingerprint density at radius 2 is 2.36 bits per heavy atom. The summed E-state index contributed by atoms with van der Waals surface area (Å²) in [5, 5.41) is 12.7. The maximum Gasteiger partial charge on any atom is 0.0698 e. The first-order chi connectivity index (χ1) is 6.84. The summed E-state index contributed by atoms with van der Waals surface area (Å²) in [6.45, 7) is 4.46. The van der Waals surface area contributed by atoms with Crippen LogP contribution in [0.15, 0.2) is 0 Å². The van der Waals surface area contributed by atoms with Crippen LogP contribution >= 0.6 is 11.8 Å². The van der Waals surface area contributed by atoms with E-state index >= 15 is 0 Å². The van der Waals surface area contributed by atoms with E-state index in [9.17, 15) is 0 Å². The molecule has 0 bridgehead atoms. The van der Waals surface area contributed by atoms with Crippen LogP contribution in [0.4, 0.5) is 0 Å². The predicted molar refractivity (Wildman–Crippen MR) is 60.8 cm³/mol. The van der Waals surface area contributed by atoms with Crippen molar-refractivity contribution in [1.29, 1.82) is 0 Å². The quantitative estimate of drug-likeness (QED) is 0.650. The molecule has 0 aromatic rings. The minimum atomic E-state index is 0.121. The fourth-order valence-electron chi connectivity index (χ4n) is 1.67. The number of rotatable bonds is 6. The van der Waals surface area contributed by atoms with Gasteiger partial charge in [0.2, 0.25) is 0 Å². The van der Waals surface area contributed by atoms with Crippen LogP contribution in [0.3, 0.4) is 0 Å². The highest BCUT2D eigenvalue weighted by Gasteiger charge is 2.20. The second kappa shape index (κ2) is 7.51. The van der Waals surface area contributed by atoms with Gasteiger partial charge in [-0.3, -0.25) is 0 Å². The standard InChI is InChI=1S/C10H21NO2S/c1-9-10(3-2-8-14-9)11-4-6-13-7-5-12/h9-12H,2-8H2,1H3. The van der Waals surface area contributed by atoms with Gasteiger partial charge in [0.05, 0.1) is 19.8 Å². The molecule has 1 aliphatic heterocycles. The Morgan fingerprint density at radius 3 is 3.07 bits per heavy atom. The SMILES string of the molecule is CC1SCCCC1NCCOCCO. The molecule has 0 aliphatic carbocycles. The highest BCUT2D eigenvalue weighted by molar-refractivity contribution is 7.99. The summed E-state index contributed by atoms with van der Waals surface area (Å²) < 4.78 is 5.19. The van der Waals surface area contributed by atoms with Gasteiger partial charge in [0.1, 0.15) is 0 Å². The first-order valence-corrected chi connectivity index (χ1v) is 6.43. The molecule has 2 atom stereocenters. The molecular weight excluding hydrogens is 198 g/mol. The van der Waals surface area contributed by atoms with Crippen LogP contribution in [0, 0.1) is 0 Å². The van der Waals surface area contributed by atoms with Crippen LogP contribution in [-0.2, 0) is 4.74 Å². The van der Waals surface area contributed by atoms with E-state index in [2.05, 4.69) is 24.0 Å². The molecule has 1 heterocycles. The van der Waals surface area contributed by atoms with Crippen molar-refractivity contribution in [3.63, 3.8) is 0 Å². The Bertz CT molecular complexity index is 146. The zero-order valence-corrected chi connectivity index (χ0v) is 9.68. The van der Waals surface area contributed by atoms with Gasteiger partial charge in [-0.25, -0.2) is 0 Å². The molecule has 84 valence electrons. The topological polar surface area (TPSA) is 41.5 Å². The molecule has 0 radical (unpaired) electrons. The largest absolute Gasteiger partial charge is 0.394 e. The summed E-state index contributed by atoms with van der Waals surface area (Å²) in [5.41, 5.74) is 0. The molecule has 2 unspecified atom stereocenters. The summed E-state index contributed by atoms with van der Waals surface area (Å²) in [6, 6.07) is 0.645. The maximum absolute atomic E-state index is 8.51. The lowest BCUT2D eigenvalue weighted by atomic mass is 10.1. The molecule has 4 heteroatoms. The lowest BCUT2D eigenvalue weighted by Crippen LogP contribution is -2.40. The van der Waals surface area contributed by atoms with Crippen LogP contribution in [0.2, 0.25) is 0 Å². The number of hydrogen-bond acceptors (Lipinski definition) is 4. The van der Waals surface area contributed by atoms with E-state index in [-0.39, 0.29) is 6.61 Å². The van der Waals surface area contributed by atoms with E-state index in [1.807, 2.05) is 0 Å². The highest BCUT2D eigenvalue weighted by atomic mass is 32.2. The van der Waals surface area contributed by atoms with Gasteiger partial charge >= 0.3 is 0 Å². The smallest absolute Gasteiger partial charge is 0.0698 e. The van der Waals surface area contributed by atoms with Gasteiger partial charge in [0.15, 0.2) is 0 Å². The van der Waals surface area contributed by atoms with Crippen molar-refractivity contribution >= 4 is 11.8 Å². The van der Waals surface area contributed by atoms with Gasteiger partial charge in [0, 0.05) is 17.8 Å². The van der Waals surface area contributed by atoms with E-state index in [1.165, 1.54) is 18.6 Å². The van der Waals surface area contributed by atoms with Gasteiger partial charge in [-0.05, 0) is 18.6 Å². The summed E-state index contributed by atoms with van der Waals surface area (Å²) in [5.74, 6) is 1.31. The van der Waals surface area contributed by atoms with Crippen molar-refractivity contribution in [3.05, 3.63) is 0 Å². The van der Waals surface area contributed by atoms with Gasteiger partial charge in [-0.2, -0.15) is 11.8 Å².